The molecule has 4 N–H and O–H groups in total. The van der Waals surface area contributed by atoms with E-state index in [1.165, 1.54) is 0 Å². The van der Waals surface area contributed by atoms with E-state index < -0.39 is 15.9 Å². The fraction of sp³-hybridized carbons (Fsp3) is 0.636. The van der Waals surface area contributed by atoms with Gasteiger partial charge in [0.1, 0.15) is 4.90 Å². The fourth-order valence-electron chi connectivity index (χ4n) is 1.72. The Balaban J connectivity index is 2.76. The van der Waals surface area contributed by atoms with Gasteiger partial charge in [0.25, 0.3) is 5.91 Å². The number of aryl methyl sites for hydroxylation is 1. The van der Waals surface area contributed by atoms with Crippen LogP contribution in [0.15, 0.2) is 4.90 Å². The highest BCUT2D eigenvalue weighted by Crippen LogP contribution is 2.17. The third-order valence-corrected chi connectivity index (χ3v) is 3.71. The summed E-state index contributed by atoms with van der Waals surface area (Å²) in [5.74, 6) is -0.553. The van der Waals surface area contributed by atoms with E-state index in [-0.39, 0.29) is 10.6 Å². The zero-order valence-electron chi connectivity index (χ0n) is 11.6. The summed E-state index contributed by atoms with van der Waals surface area (Å²) in [6, 6.07) is 0. The summed E-state index contributed by atoms with van der Waals surface area (Å²) in [6.07, 6.45) is 1.93. The van der Waals surface area contributed by atoms with Crippen LogP contribution >= 0.6 is 0 Å². The van der Waals surface area contributed by atoms with Gasteiger partial charge in [-0.25, -0.2) is 13.6 Å². The first kappa shape index (κ1) is 16.6. The van der Waals surface area contributed by atoms with E-state index in [9.17, 15) is 13.2 Å². The third-order valence-electron chi connectivity index (χ3n) is 2.71. The fourth-order valence-corrected chi connectivity index (χ4v) is 2.67. The number of nitrogens with one attached hydrogen (secondary N) is 2. The number of unbranched alkanes of at least 4 members (excludes halogenated alkanes) is 1. The summed E-state index contributed by atoms with van der Waals surface area (Å²) < 4.78 is 28.0. The number of methoxy groups -OCH3 is 1. The maximum atomic E-state index is 11.9. The molecule has 0 spiro atoms. The standard InChI is InChI=1S/C11H20N4O4S/c1-3-8-10(20(12,17)18)9(15-14-8)11(16)13-6-4-5-7-19-2/h3-7H2,1-2H3,(H,13,16)(H,14,15)(H2,12,17,18). The van der Waals surface area contributed by atoms with E-state index in [1.807, 2.05) is 0 Å². The summed E-state index contributed by atoms with van der Waals surface area (Å²) in [5.41, 5.74) is 0.146. The Morgan fingerprint density at radius 1 is 1.45 bits per heavy atom. The minimum Gasteiger partial charge on any atom is -0.385 e. The highest BCUT2D eigenvalue weighted by molar-refractivity contribution is 7.89. The van der Waals surface area contributed by atoms with Gasteiger partial charge in [0.05, 0.1) is 5.69 Å². The van der Waals surface area contributed by atoms with Crippen LogP contribution in [0.3, 0.4) is 0 Å². The first-order valence-corrected chi connectivity index (χ1v) is 7.83. The molecule has 0 atom stereocenters. The summed E-state index contributed by atoms with van der Waals surface area (Å²) in [7, 11) is -2.39. The maximum Gasteiger partial charge on any atom is 0.273 e. The van der Waals surface area contributed by atoms with Crippen molar-refractivity contribution in [2.45, 2.75) is 31.1 Å². The van der Waals surface area contributed by atoms with Crippen molar-refractivity contribution in [1.82, 2.24) is 15.5 Å². The molecule has 20 heavy (non-hydrogen) atoms. The van der Waals surface area contributed by atoms with Gasteiger partial charge in [-0.15, -0.1) is 0 Å². The Bertz CT molecular complexity index is 553. The lowest BCUT2D eigenvalue weighted by Gasteiger charge is -2.05. The van der Waals surface area contributed by atoms with Crippen LogP contribution < -0.4 is 10.5 Å². The number of carbonyl (C=O) groups excluding carboxylic acids is 1. The Morgan fingerprint density at radius 3 is 2.70 bits per heavy atom. The van der Waals surface area contributed by atoms with Gasteiger partial charge >= 0.3 is 0 Å². The van der Waals surface area contributed by atoms with Crippen LogP contribution in [0.2, 0.25) is 0 Å². The number of amides is 1. The molecule has 8 nitrogen and oxygen atoms in total. The van der Waals surface area contributed by atoms with Crippen molar-refractivity contribution in [2.75, 3.05) is 20.3 Å². The van der Waals surface area contributed by atoms with Crippen molar-refractivity contribution in [2.24, 2.45) is 5.14 Å². The molecule has 0 bridgehead atoms. The van der Waals surface area contributed by atoms with Gasteiger partial charge in [-0.05, 0) is 19.3 Å². The number of hydrogen-bond donors (Lipinski definition) is 3. The van der Waals surface area contributed by atoms with E-state index in [1.54, 1.807) is 14.0 Å². The molecular weight excluding hydrogens is 284 g/mol. The van der Waals surface area contributed by atoms with Gasteiger partial charge in [0.15, 0.2) is 5.69 Å². The number of rotatable bonds is 8. The van der Waals surface area contributed by atoms with E-state index in [0.29, 0.717) is 25.3 Å². The average molecular weight is 304 g/mol. The van der Waals surface area contributed by atoms with Gasteiger partial charge in [-0.1, -0.05) is 6.92 Å². The van der Waals surface area contributed by atoms with Crippen molar-refractivity contribution in [1.29, 1.82) is 0 Å². The minimum absolute atomic E-state index is 0.184. The van der Waals surface area contributed by atoms with Crippen LogP contribution in [-0.2, 0) is 21.2 Å². The maximum absolute atomic E-state index is 11.9. The number of carbonyl (C=O) groups is 1. The number of sulfonamides is 1. The predicted octanol–water partition coefficient (Wildman–Crippen LogP) is -0.224. The van der Waals surface area contributed by atoms with Crippen LogP contribution in [0.5, 0.6) is 0 Å². The molecule has 0 aromatic carbocycles. The quantitative estimate of drug-likeness (QED) is 0.572. The Kier molecular flexibility index (Phi) is 6.11. The molecule has 1 amide bonds. The van der Waals surface area contributed by atoms with Crippen molar-refractivity contribution >= 4 is 15.9 Å². The van der Waals surface area contributed by atoms with Crippen molar-refractivity contribution in [3.8, 4) is 0 Å². The van der Waals surface area contributed by atoms with Gasteiger partial charge in [0, 0.05) is 20.3 Å². The smallest absolute Gasteiger partial charge is 0.273 e. The number of H-pyrrole nitrogens is 1. The molecule has 114 valence electrons. The second kappa shape index (κ2) is 7.36. The molecule has 0 saturated carbocycles. The lowest BCUT2D eigenvalue weighted by molar-refractivity contribution is 0.0943. The molecule has 1 aromatic heterocycles. The molecule has 0 aliphatic carbocycles. The van der Waals surface area contributed by atoms with Crippen LogP contribution in [0.4, 0.5) is 0 Å². The molecule has 0 aliphatic heterocycles. The second-order valence-electron chi connectivity index (χ2n) is 4.23. The van der Waals surface area contributed by atoms with Crippen LogP contribution in [0.25, 0.3) is 0 Å². The molecule has 1 heterocycles. The Labute approximate surface area is 118 Å². The topological polar surface area (TPSA) is 127 Å². The molecule has 0 saturated heterocycles. The van der Waals surface area contributed by atoms with Crippen LogP contribution in [0, 0.1) is 0 Å². The number of nitrogens with zero attached hydrogens (tertiary/aromatic N) is 1. The molecule has 1 aromatic rings. The minimum atomic E-state index is -3.99. The Morgan fingerprint density at radius 2 is 2.15 bits per heavy atom. The third kappa shape index (κ3) is 4.29. The Hall–Kier alpha value is -1.45. The summed E-state index contributed by atoms with van der Waals surface area (Å²) in [6.45, 7) is 2.77. The number of aromatic amines is 1. The van der Waals surface area contributed by atoms with Gasteiger partial charge in [-0.2, -0.15) is 5.10 Å². The average Bonchev–Trinajstić information content (AvgIpc) is 2.82. The van der Waals surface area contributed by atoms with E-state index in [4.69, 9.17) is 9.88 Å². The van der Waals surface area contributed by atoms with Crippen molar-refractivity contribution < 1.29 is 17.9 Å². The SMILES string of the molecule is CCc1[nH]nc(C(=O)NCCCCOC)c1S(N)(=O)=O. The summed E-state index contributed by atoms with van der Waals surface area (Å²) >= 11 is 0. The number of aromatic nitrogens is 2. The lowest BCUT2D eigenvalue weighted by atomic mass is 10.3. The van der Waals surface area contributed by atoms with Crippen molar-refractivity contribution in [3.05, 3.63) is 11.4 Å². The number of nitrogens with two attached hydrogens (primary N) is 1. The van der Waals surface area contributed by atoms with Crippen LogP contribution in [0.1, 0.15) is 35.9 Å². The molecule has 0 fully saturated rings. The zero-order valence-corrected chi connectivity index (χ0v) is 12.4. The molecule has 0 radical (unpaired) electrons. The number of primary sulfonamides is 1. The van der Waals surface area contributed by atoms with E-state index in [2.05, 4.69) is 15.5 Å². The molecule has 1 rings (SSSR count). The second-order valence-corrected chi connectivity index (χ2v) is 5.73. The summed E-state index contributed by atoms with van der Waals surface area (Å²) in [5, 5.41) is 14.0. The number of ether oxygens (including phenoxy) is 1. The monoisotopic (exact) mass is 304 g/mol. The van der Waals surface area contributed by atoms with Gasteiger partial charge < -0.3 is 10.1 Å². The highest BCUT2D eigenvalue weighted by Gasteiger charge is 2.26. The predicted molar refractivity (Wildman–Crippen MR) is 72.8 cm³/mol. The molecule has 0 unspecified atom stereocenters. The lowest BCUT2D eigenvalue weighted by Crippen LogP contribution is -2.27. The van der Waals surface area contributed by atoms with E-state index in [0.717, 1.165) is 12.8 Å². The normalized spacial score (nSPS) is 11.6. The zero-order chi connectivity index (χ0) is 15.2. The highest BCUT2D eigenvalue weighted by atomic mass is 32.2. The molecular formula is C11H20N4O4S. The number of hydrogen-bond acceptors (Lipinski definition) is 5. The largest absolute Gasteiger partial charge is 0.385 e. The molecule has 9 heteroatoms. The first-order chi connectivity index (χ1) is 9.41. The van der Waals surface area contributed by atoms with Crippen LogP contribution in [-0.4, -0.2) is 44.8 Å². The summed E-state index contributed by atoms with van der Waals surface area (Å²) in [4.78, 5) is 11.7. The van der Waals surface area contributed by atoms with Gasteiger partial charge in [-0.3, -0.25) is 9.89 Å². The first-order valence-electron chi connectivity index (χ1n) is 6.29. The van der Waals surface area contributed by atoms with E-state index >= 15 is 0 Å². The van der Waals surface area contributed by atoms with Crippen molar-refractivity contribution in [3.63, 3.8) is 0 Å². The van der Waals surface area contributed by atoms with Gasteiger partial charge in [0.2, 0.25) is 10.0 Å². The molecule has 0 aliphatic rings.